The van der Waals surface area contributed by atoms with Crippen LogP contribution in [0.15, 0.2) is 42.5 Å². The quantitative estimate of drug-likeness (QED) is 0.443. The lowest BCUT2D eigenvalue weighted by atomic mass is 10.1. The molecule has 0 heterocycles. The summed E-state index contributed by atoms with van der Waals surface area (Å²) in [7, 11) is -3.67. The van der Waals surface area contributed by atoms with E-state index < -0.39 is 16.1 Å². The SMILES string of the molecule is Cc1ccccc1CN(C(=O)CCCN(c1cc(Cl)ccc1Cl)S(C)(=O)=O)C(C)C(=O)NC(C)C. The molecule has 0 aliphatic rings. The third kappa shape index (κ3) is 8.40. The van der Waals surface area contributed by atoms with Crippen LogP contribution in [0.25, 0.3) is 0 Å². The van der Waals surface area contributed by atoms with Gasteiger partial charge in [-0.05, 0) is 63.4 Å². The van der Waals surface area contributed by atoms with Gasteiger partial charge < -0.3 is 10.2 Å². The van der Waals surface area contributed by atoms with E-state index in [2.05, 4.69) is 5.32 Å². The van der Waals surface area contributed by atoms with Gasteiger partial charge in [-0.2, -0.15) is 0 Å². The molecule has 0 saturated heterocycles. The second kappa shape index (κ2) is 12.6. The van der Waals surface area contributed by atoms with Crippen LogP contribution in [-0.4, -0.2) is 50.0 Å². The van der Waals surface area contributed by atoms with Crippen LogP contribution in [0, 0.1) is 6.92 Å². The first-order valence-corrected chi connectivity index (χ1v) is 14.0. The van der Waals surface area contributed by atoms with Crippen molar-refractivity contribution in [1.29, 1.82) is 0 Å². The minimum Gasteiger partial charge on any atom is -0.352 e. The zero-order valence-electron chi connectivity index (χ0n) is 20.7. The number of amides is 2. The van der Waals surface area contributed by atoms with Gasteiger partial charge in [0.05, 0.1) is 17.0 Å². The number of hydrogen-bond acceptors (Lipinski definition) is 4. The molecule has 2 aromatic carbocycles. The molecule has 0 saturated carbocycles. The molecule has 0 aliphatic heterocycles. The summed E-state index contributed by atoms with van der Waals surface area (Å²) in [5.41, 5.74) is 2.21. The molecule has 0 fully saturated rings. The molecular formula is C25H33Cl2N3O4S. The Morgan fingerprint density at radius 1 is 1.06 bits per heavy atom. The maximum atomic E-state index is 13.3. The predicted octanol–water partition coefficient (Wildman–Crippen LogP) is 4.79. The van der Waals surface area contributed by atoms with Gasteiger partial charge in [0, 0.05) is 30.6 Å². The number of benzene rings is 2. The zero-order valence-corrected chi connectivity index (χ0v) is 23.0. The van der Waals surface area contributed by atoms with Crippen molar-refractivity contribution in [3.8, 4) is 0 Å². The summed E-state index contributed by atoms with van der Waals surface area (Å²) in [6.45, 7) is 7.68. The Hall–Kier alpha value is -2.29. The minimum atomic E-state index is -3.67. The molecule has 35 heavy (non-hydrogen) atoms. The monoisotopic (exact) mass is 541 g/mol. The number of nitrogens with zero attached hydrogens (tertiary/aromatic N) is 2. The third-order valence-electron chi connectivity index (χ3n) is 5.53. The fraction of sp³-hybridized carbons (Fsp3) is 0.440. The van der Waals surface area contributed by atoms with Gasteiger partial charge in [0.2, 0.25) is 21.8 Å². The van der Waals surface area contributed by atoms with Crippen molar-refractivity contribution in [3.63, 3.8) is 0 Å². The van der Waals surface area contributed by atoms with Gasteiger partial charge in [0.15, 0.2) is 0 Å². The maximum Gasteiger partial charge on any atom is 0.242 e. The van der Waals surface area contributed by atoms with Gasteiger partial charge in [-0.15, -0.1) is 0 Å². The molecule has 2 amide bonds. The zero-order chi connectivity index (χ0) is 26.3. The highest BCUT2D eigenvalue weighted by atomic mass is 35.5. The van der Waals surface area contributed by atoms with Crippen molar-refractivity contribution in [2.45, 2.75) is 59.2 Å². The van der Waals surface area contributed by atoms with Crippen LogP contribution in [0.5, 0.6) is 0 Å². The lowest BCUT2D eigenvalue weighted by Crippen LogP contribution is -2.49. The van der Waals surface area contributed by atoms with Crippen LogP contribution in [0.1, 0.15) is 44.7 Å². The van der Waals surface area contributed by atoms with Crippen molar-refractivity contribution < 1.29 is 18.0 Å². The van der Waals surface area contributed by atoms with Crippen molar-refractivity contribution in [2.24, 2.45) is 0 Å². The number of nitrogens with one attached hydrogen (secondary N) is 1. The second-order valence-electron chi connectivity index (χ2n) is 8.82. The normalized spacial score (nSPS) is 12.3. The Kier molecular flexibility index (Phi) is 10.4. The van der Waals surface area contributed by atoms with E-state index in [1.807, 2.05) is 45.0 Å². The van der Waals surface area contributed by atoms with Crippen LogP contribution in [0.4, 0.5) is 5.69 Å². The highest BCUT2D eigenvalue weighted by Gasteiger charge is 2.27. The highest BCUT2D eigenvalue weighted by Crippen LogP contribution is 2.31. The summed E-state index contributed by atoms with van der Waals surface area (Å²) in [6, 6.07) is 11.5. The van der Waals surface area contributed by atoms with Gasteiger partial charge in [0.25, 0.3) is 0 Å². The van der Waals surface area contributed by atoms with E-state index in [-0.39, 0.29) is 54.5 Å². The van der Waals surface area contributed by atoms with Gasteiger partial charge >= 0.3 is 0 Å². The highest BCUT2D eigenvalue weighted by molar-refractivity contribution is 7.92. The molecule has 192 valence electrons. The molecule has 2 aromatic rings. The molecule has 1 atom stereocenters. The Morgan fingerprint density at radius 3 is 2.31 bits per heavy atom. The van der Waals surface area contributed by atoms with E-state index in [4.69, 9.17) is 23.2 Å². The summed E-state index contributed by atoms with van der Waals surface area (Å²) in [6.07, 6.45) is 1.36. The molecule has 10 heteroatoms. The predicted molar refractivity (Wildman–Crippen MR) is 142 cm³/mol. The van der Waals surface area contributed by atoms with Gasteiger partial charge in [-0.25, -0.2) is 8.42 Å². The number of sulfonamides is 1. The second-order valence-corrected chi connectivity index (χ2v) is 11.6. The maximum absolute atomic E-state index is 13.3. The standard InChI is InChI=1S/C25H33Cl2N3O4S/c1-17(2)28-25(32)19(4)29(16-20-10-7-6-9-18(20)3)24(31)11-8-14-30(35(5,33)34)23-15-21(26)12-13-22(23)27/h6-7,9-10,12-13,15,17,19H,8,11,14,16H2,1-5H3,(H,28,32). The molecule has 1 N–H and O–H groups in total. The molecule has 0 spiro atoms. The molecule has 0 aromatic heterocycles. The average Bonchev–Trinajstić information content (AvgIpc) is 2.76. The van der Waals surface area contributed by atoms with Crippen molar-refractivity contribution in [1.82, 2.24) is 10.2 Å². The number of hydrogen-bond donors (Lipinski definition) is 1. The summed E-state index contributed by atoms with van der Waals surface area (Å²) < 4.78 is 26.1. The molecule has 0 radical (unpaired) electrons. The lowest BCUT2D eigenvalue weighted by Gasteiger charge is -2.30. The van der Waals surface area contributed by atoms with E-state index in [1.54, 1.807) is 13.0 Å². The average molecular weight is 543 g/mol. The Bertz CT molecular complexity index is 1160. The van der Waals surface area contributed by atoms with E-state index in [9.17, 15) is 18.0 Å². The largest absolute Gasteiger partial charge is 0.352 e. The Morgan fingerprint density at radius 2 is 1.71 bits per heavy atom. The van der Waals surface area contributed by atoms with E-state index in [0.29, 0.717) is 5.02 Å². The van der Waals surface area contributed by atoms with Gasteiger partial charge in [-0.1, -0.05) is 47.5 Å². The van der Waals surface area contributed by atoms with Crippen LogP contribution in [0.3, 0.4) is 0 Å². The van der Waals surface area contributed by atoms with Crippen LogP contribution in [0.2, 0.25) is 10.0 Å². The molecule has 2 rings (SSSR count). The molecule has 1 unspecified atom stereocenters. The van der Waals surface area contributed by atoms with E-state index in [1.165, 1.54) is 17.0 Å². The molecule has 0 bridgehead atoms. The lowest BCUT2D eigenvalue weighted by molar-refractivity contribution is -0.140. The summed E-state index contributed by atoms with van der Waals surface area (Å²) in [5.74, 6) is -0.490. The summed E-state index contributed by atoms with van der Waals surface area (Å²) in [5, 5.41) is 3.45. The number of anilines is 1. The molecule has 0 aliphatic carbocycles. The molecule has 7 nitrogen and oxygen atoms in total. The van der Waals surface area contributed by atoms with Crippen LogP contribution < -0.4 is 9.62 Å². The van der Waals surface area contributed by atoms with Crippen LogP contribution >= 0.6 is 23.2 Å². The number of carbonyl (C=O) groups is 2. The number of aryl methyl sites for hydroxylation is 1. The first kappa shape index (κ1) is 28.9. The third-order valence-corrected chi connectivity index (χ3v) is 7.26. The Balaban J connectivity index is 2.22. The first-order chi connectivity index (χ1) is 16.3. The Labute approximate surface area is 218 Å². The van der Waals surface area contributed by atoms with E-state index in [0.717, 1.165) is 21.7 Å². The fourth-order valence-electron chi connectivity index (χ4n) is 3.62. The summed E-state index contributed by atoms with van der Waals surface area (Å²) in [4.78, 5) is 27.6. The molecular weight excluding hydrogens is 509 g/mol. The van der Waals surface area contributed by atoms with Crippen molar-refractivity contribution in [3.05, 3.63) is 63.6 Å². The van der Waals surface area contributed by atoms with Crippen LogP contribution in [-0.2, 0) is 26.2 Å². The number of carbonyl (C=O) groups excluding carboxylic acids is 2. The number of rotatable bonds is 11. The summed E-state index contributed by atoms with van der Waals surface area (Å²) >= 11 is 12.3. The van der Waals surface area contributed by atoms with E-state index >= 15 is 0 Å². The first-order valence-electron chi connectivity index (χ1n) is 11.4. The van der Waals surface area contributed by atoms with Gasteiger partial charge in [0.1, 0.15) is 6.04 Å². The smallest absolute Gasteiger partial charge is 0.242 e. The van der Waals surface area contributed by atoms with Gasteiger partial charge in [-0.3, -0.25) is 13.9 Å². The number of halogens is 2. The fourth-order valence-corrected chi connectivity index (χ4v) is 5.02. The minimum absolute atomic E-state index is 0.0371. The topological polar surface area (TPSA) is 86.8 Å². The van der Waals surface area contributed by atoms with Crippen molar-refractivity contribution >= 4 is 50.7 Å². The van der Waals surface area contributed by atoms with Crippen molar-refractivity contribution in [2.75, 3.05) is 17.1 Å².